The molecule has 0 aromatic heterocycles. The molecule has 138 valence electrons. The number of nitrogens with zero attached hydrogens (tertiary/aromatic N) is 1. The van der Waals surface area contributed by atoms with Crippen molar-refractivity contribution in [3.05, 3.63) is 87.9 Å². The van der Waals surface area contributed by atoms with Gasteiger partial charge in [-0.2, -0.15) is 0 Å². The minimum Gasteiger partial charge on any atom is -0.455 e. The molecule has 0 bridgehead atoms. The fraction of sp³-hybridized carbons (Fsp3) is 0. The Morgan fingerprint density at radius 3 is 2.41 bits per heavy atom. The Bertz CT molecular complexity index is 1090. The molecule has 3 rings (SSSR count). The molecule has 0 aliphatic heterocycles. The maximum atomic E-state index is 12.7. The van der Waals surface area contributed by atoms with E-state index in [0.717, 1.165) is 6.07 Å². The van der Waals surface area contributed by atoms with Gasteiger partial charge in [0.1, 0.15) is 5.75 Å². The maximum absolute atomic E-state index is 12.7. The Morgan fingerprint density at radius 1 is 0.963 bits per heavy atom. The van der Waals surface area contributed by atoms with Crippen LogP contribution in [0, 0.1) is 10.1 Å². The smallest absolute Gasteiger partial charge is 0.270 e. The molecule has 9 heteroatoms. The average Bonchev–Trinajstić information content (AvgIpc) is 2.65. The third-order valence-electron chi connectivity index (χ3n) is 3.50. The summed E-state index contributed by atoms with van der Waals surface area (Å²) in [6.45, 7) is 0. The molecular formula is C18H13ClN2O5S. The average molecular weight is 405 g/mol. The highest BCUT2D eigenvalue weighted by atomic mass is 35.5. The van der Waals surface area contributed by atoms with Crippen LogP contribution in [0.15, 0.2) is 77.7 Å². The lowest BCUT2D eigenvalue weighted by Gasteiger charge is -2.14. The lowest BCUT2D eigenvalue weighted by Crippen LogP contribution is -2.13. The molecule has 0 heterocycles. The number of anilines is 1. The Hall–Kier alpha value is -3.10. The summed E-state index contributed by atoms with van der Waals surface area (Å²) in [5.41, 5.74) is -0.220. The van der Waals surface area contributed by atoms with Crippen LogP contribution in [0.1, 0.15) is 0 Å². The van der Waals surface area contributed by atoms with E-state index < -0.39 is 14.9 Å². The van der Waals surface area contributed by atoms with Gasteiger partial charge in [-0.05, 0) is 36.4 Å². The van der Waals surface area contributed by atoms with Gasteiger partial charge in [-0.15, -0.1) is 0 Å². The summed E-state index contributed by atoms with van der Waals surface area (Å²) in [5.74, 6) is 0.746. The molecule has 1 N–H and O–H groups in total. The van der Waals surface area contributed by atoms with Gasteiger partial charge in [0, 0.05) is 17.2 Å². The molecule has 0 amide bonds. The lowest BCUT2D eigenvalue weighted by atomic mass is 10.3. The highest BCUT2D eigenvalue weighted by Gasteiger charge is 2.20. The van der Waals surface area contributed by atoms with E-state index in [2.05, 4.69) is 4.72 Å². The predicted octanol–water partition coefficient (Wildman–Crippen LogP) is 4.84. The molecular weight excluding hydrogens is 392 g/mol. The largest absolute Gasteiger partial charge is 0.455 e. The van der Waals surface area contributed by atoms with Crippen LogP contribution >= 0.6 is 11.6 Å². The summed E-state index contributed by atoms with van der Waals surface area (Å²) < 4.78 is 33.4. The normalized spacial score (nSPS) is 11.0. The molecule has 3 aromatic carbocycles. The summed E-state index contributed by atoms with van der Waals surface area (Å²) in [6.07, 6.45) is 0. The Morgan fingerprint density at radius 2 is 1.70 bits per heavy atom. The van der Waals surface area contributed by atoms with Crippen molar-refractivity contribution >= 4 is 33.0 Å². The maximum Gasteiger partial charge on any atom is 0.270 e. The van der Waals surface area contributed by atoms with E-state index in [1.54, 1.807) is 30.3 Å². The first-order valence-corrected chi connectivity index (χ1v) is 9.51. The van der Waals surface area contributed by atoms with Crippen LogP contribution in [0.5, 0.6) is 11.5 Å². The molecule has 27 heavy (non-hydrogen) atoms. The minimum atomic E-state index is -4.09. The summed E-state index contributed by atoms with van der Waals surface area (Å²) in [7, 11) is -4.09. The van der Waals surface area contributed by atoms with E-state index in [1.165, 1.54) is 30.3 Å². The van der Waals surface area contributed by atoms with Crippen molar-refractivity contribution in [3.8, 4) is 11.5 Å². The topological polar surface area (TPSA) is 98.5 Å². The van der Waals surface area contributed by atoms with Gasteiger partial charge in [-0.25, -0.2) is 8.42 Å². The van der Waals surface area contributed by atoms with Crippen molar-refractivity contribution < 1.29 is 18.1 Å². The van der Waals surface area contributed by atoms with Crippen LogP contribution in [0.3, 0.4) is 0 Å². The molecule has 7 nitrogen and oxygen atoms in total. The molecule has 0 radical (unpaired) electrons. The zero-order valence-electron chi connectivity index (χ0n) is 13.7. The summed E-state index contributed by atoms with van der Waals surface area (Å²) in [4.78, 5) is 9.98. The van der Waals surface area contributed by atoms with Crippen molar-refractivity contribution in [2.24, 2.45) is 0 Å². The number of hydrogen-bond acceptors (Lipinski definition) is 5. The number of halogens is 1. The summed E-state index contributed by atoms with van der Waals surface area (Å²) in [5, 5.41) is 11.2. The Labute approximate surface area is 160 Å². The van der Waals surface area contributed by atoms with Crippen molar-refractivity contribution in [1.82, 2.24) is 0 Å². The van der Waals surface area contributed by atoms with Gasteiger partial charge in [0.05, 0.1) is 15.5 Å². The zero-order valence-corrected chi connectivity index (χ0v) is 15.3. The number of nitro groups is 1. The van der Waals surface area contributed by atoms with Crippen LogP contribution in [-0.4, -0.2) is 13.3 Å². The highest BCUT2D eigenvalue weighted by molar-refractivity contribution is 7.92. The second kappa shape index (κ2) is 7.65. The van der Waals surface area contributed by atoms with Gasteiger partial charge in [0.2, 0.25) is 0 Å². The van der Waals surface area contributed by atoms with E-state index in [-0.39, 0.29) is 22.0 Å². The van der Waals surface area contributed by atoms with Crippen molar-refractivity contribution in [2.45, 2.75) is 4.90 Å². The monoisotopic (exact) mass is 404 g/mol. The zero-order chi connectivity index (χ0) is 19.4. The molecule has 0 fully saturated rings. The quantitative estimate of drug-likeness (QED) is 0.468. The van der Waals surface area contributed by atoms with Crippen LogP contribution < -0.4 is 9.46 Å². The molecule has 0 unspecified atom stereocenters. The van der Waals surface area contributed by atoms with Crippen LogP contribution in [0.2, 0.25) is 5.02 Å². The van der Waals surface area contributed by atoms with E-state index in [0.29, 0.717) is 10.8 Å². The number of sulfonamides is 1. The number of rotatable bonds is 6. The van der Waals surface area contributed by atoms with E-state index in [9.17, 15) is 18.5 Å². The third-order valence-corrected chi connectivity index (χ3v) is 5.09. The Kier molecular flexibility index (Phi) is 5.29. The van der Waals surface area contributed by atoms with Gasteiger partial charge >= 0.3 is 0 Å². The SMILES string of the molecule is O=[N+]([O-])c1cccc(S(=O)(=O)Nc2cc(Cl)ccc2Oc2ccccc2)c1. The van der Waals surface area contributed by atoms with Gasteiger partial charge in [0.15, 0.2) is 5.75 Å². The molecule has 3 aromatic rings. The molecule has 0 saturated carbocycles. The molecule has 0 spiro atoms. The first-order chi connectivity index (χ1) is 12.8. The van der Waals surface area contributed by atoms with Crippen LogP contribution in [-0.2, 0) is 10.0 Å². The number of hydrogen-bond donors (Lipinski definition) is 1. The highest BCUT2D eigenvalue weighted by Crippen LogP contribution is 2.33. The number of ether oxygens (including phenoxy) is 1. The molecule has 0 atom stereocenters. The minimum absolute atomic E-state index is 0.109. The first-order valence-electron chi connectivity index (χ1n) is 7.65. The number of para-hydroxylation sites is 1. The van der Waals surface area contributed by atoms with Crippen LogP contribution in [0.25, 0.3) is 0 Å². The van der Waals surface area contributed by atoms with E-state index in [1.807, 2.05) is 6.07 Å². The summed E-state index contributed by atoms with van der Waals surface area (Å²) >= 11 is 5.98. The number of non-ortho nitro benzene ring substituents is 1. The summed E-state index contributed by atoms with van der Waals surface area (Å²) in [6, 6.07) is 18.0. The van der Waals surface area contributed by atoms with Crippen molar-refractivity contribution in [3.63, 3.8) is 0 Å². The standard InChI is InChI=1S/C18H13ClN2O5S/c19-13-9-10-18(26-15-6-2-1-3-7-15)17(11-13)20-27(24,25)16-8-4-5-14(12-16)21(22)23/h1-12,20H. The fourth-order valence-corrected chi connectivity index (χ4v) is 3.53. The van der Waals surface area contributed by atoms with Crippen molar-refractivity contribution in [1.29, 1.82) is 0 Å². The number of nitro benzene ring substituents is 1. The first kappa shape index (κ1) is 18.7. The molecule has 0 saturated heterocycles. The van der Waals surface area contributed by atoms with Gasteiger partial charge in [-0.1, -0.05) is 35.9 Å². The molecule has 0 aliphatic carbocycles. The predicted molar refractivity (Wildman–Crippen MR) is 102 cm³/mol. The third kappa shape index (κ3) is 4.55. The second-order valence-electron chi connectivity index (χ2n) is 5.42. The molecule has 0 aliphatic rings. The van der Waals surface area contributed by atoms with Gasteiger partial charge in [-0.3, -0.25) is 14.8 Å². The van der Waals surface area contributed by atoms with Crippen LogP contribution in [0.4, 0.5) is 11.4 Å². The number of nitrogens with one attached hydrogen (secondary N) is 1. The van der Waals surface area contributed by atoms with Gasteiger partial charge < -0.3 is 4.74 Å². The van der Waals surface area contributed by atoms with Crippen molar-refractivity contribution in [2.75, 3.05) is 4.72 Å². The second-order valence-corrected chi connectivity index (χ2v) is 7.53. The van der Waals surface area contributed by atoms with E-state index >= 15 is 0 Å². The van der Waals surface area contributed by atoms with E-state index in [4.69, 9.17) is 16.3 Å². The van der Waals surface area contributed by atoms with Gasteiger partial charge in [0.25, 0.3) is 15.7 Å². The fourth-order valence-electron chi connectivity index (χ4n) is 2.25. The lowest BCUT2D eigenvalue weighted by molar-refractivity contribution is -0.385. The number of benzene rings is 3. The Balaban J connectivity index is 1.95.